The summed E-state index contributed by atoms with van der Waals surface area (Å²) in [5, 5.41) is 3.72. The van der Waals surface area contributed by atoms with Gasteiger partial charge in [0.15, 0.2) is 11.5 Å². The highest BCUT2D eigenvalue weighted by Crippen LogP contribution is 2.51. The molecule has 2 aromatic heterocycles. The largest absolute Gasteiger partial charge is 0.453 e. The summed E-state index contributed by atoms with van der Waals surface area (Å²) in [6, 6.07) is 47.8. The van der Waals surface area contributed by atoms with Crippen LogP contribution < -0.4 is 9.64 Å². The number of anilines is 3. The van der Waals surface area contributed by atoms with Crippen LogP contribution in [0.4, 0.5) is 17.1 Å². The van der Waals surface area contributed by atoms with Crippen LogP contribution in [0.5, 0.6) is 11.5 Å². The summed E-state index contributed by atoms with van der Waals surface area (Å²) in [5.74, 6) is 1.74. The highest BCUT2D eigenvalue weighted by Gasteiger charge is 2.27. The molecule has 0 N–H and O–H groups in total. The van der Waals surface area contributed by atoms with Crippen LogP contribution in [-0.4, -0.2) is 9.13 Å². The number of para-hydroxylation sites is 2. The topological polar surface area (TPSA) is 22.3 Å². The molecule has 4 heteroatoms. The first-order valence-corrected chi connectivity index (χ1v) is 15.0. The molecule has 0 bridgehead atoms. The van der Waals surface area contributed by atoms with Crippen molar-refractivity contribution in [2.45, 2.75) is 13.8 Å². The molecule has 1 aliphatic heterocycles. The molecule has 4 nitrogen and oxygen atoms in total. The van der Waals surface area contributed by atoms with E-state index in [2.05, 4.69) is 168 Å². The van der Waals surface area contributed by atoms with E-state index in [1.807, 2.05) is 0 Å². The van der Waals surface area contributed by atoms with Gasteiger partial charge in [0.1, 0.15) is 0 Å². The molecule has 8 aromatic rings. The van der Waals surface area contributed by atoms with E-state index in [1.54, 1.807) is 0 Å². The van der Waals surface area contributed by atoms with Gasteiger partial charge in [-0.05, 0) is 97.8 Å². The van der Waals surface area contributed by atoms with Gasteiger partial charge in [-0.25, -0.2) is 0 Å². The molecule has 0 radical (unpaired) electrons. The molecule has 210 valence electrons. The summed E-state index contributed by atoms with van der Waals surface area (Å²) in [6.45, 7) is 4.21. The Hall–Kier alpha value is -5.74. The smallest absolute Gasteiger partial charge is 0.151 e. The van der Waals surface area contributed by atoms with E-state index in [0.717, 1.165) is 39.9 Å². The summed E-state index contributed by atoms with van der Waals surface area (Å²) in [7, 11) is 0. The number of aromatic nitrogens is 2. The summed E-state index contributed by atoms with van der Waals surface area (Å²) in [6.07, 6.45) is 2.18. The van der Waals surface area contributed by atoms with E-state index in [1.165, 1.54) is 43.8 Å². The summed E-state index contributed by atoms with van der Waals surface area (Å²) in [4.78, 5) is 2.32. The molecule has 3 heterocycles. The van der Waals surface area contributed by atoms with Crippen LogP contribution in [0.25, 0.3) is 44.1 Å². The van der Waals surface area contributed by atoms with Gasteiger partial charge in [0.05, 0.1) is 27.9 Å². The van der Waals surface area contributed by atoms with E-state index in [-0.39, 0.29) is 0 Å². The van der Waals surface area contributed by atoms with Crippen LogP contribution in [-0.2, 0) is 0 Å². The van der Waals surface area contributed by atoms with Crippen LogP contribution in [0.1, 0.15) is 11.1 Å². The molecule has 0 fully saturated rings. The van der Waals surface area contributed by atoms with Crippen molar-refractivity contribution >= 4 is 49.8 Å². The fraction of sp³-hybridized carbons (Fsp3) is 0.0500. The van der Waals surface area contributed by atoms with Crippen molar-refractivity contribution in [1.82, 2.24) is 9.13 Å². The Labute approximate surface area is 255 Å². The standard InChI is InChI=1S/C40H29N3O/c1-26-15-18-34-37(23-26)44-38-24-27(2)16-19-35(38)43(34)31-12-8-11-30(25-31)42-33-14-7-6-13-32(33)39-36(42)20-17-28-21-22-41(40(28)39)29-9-4-3-5-10-29/h3-25H,1-2H3. The van der Waals surface area contributed by atoms with Gasteiger partial charge in [0.25, 0.3) is 0 Å². The van der Waals surface area contributed by atoms with Crippen molar-refractivity contribution in [3.05, 3.63) is 151 Å². The zero-order chi connectivity index (χ0) is 29.4. The number of nitrogens with zero attached hydrogens (tertiary/aromatic N) is 3. The first-order chi connectivity index (χ1) is 21.6. The Morgan fingerprint density at radius 3 is 1.98 bits per heavy atom. The van der Waals surface area contributed by atoms with Crippen molar-refractivity contribution in [1.29, 1.82) is 0 Å². The quantitative estimate of drug-likeness (QED) is 0.212. The van der Waals surface area contributed by atoms with Gasteiger partial charge in [0.2, 0.25) is 0 Å². The predicted molar refractivity (Wildman–Crippen MR) is 182 cm³/mol. The van der Waals surface area contributed by atoms with Gasteiger partial charge in [-0.15, -0.1) is 0 Å². The highest BCUT2D eigenvalue weighted by atomic mass is 16.5. The molecule has 0 amide bonds. The molecular weight excluding hydrogens is 538 g/mol. The average molecular weight is 568 g/mol. The van der Waals surface area contributed by atoms with Crippen LogP contribution in [0, 0.1) is 13.8 Å². The third-order valence-corrected chi connectivity index (χ3v) is 8.80. The van der Waals surface area contributed by atoms with Crippen molar-refractivity contribution in [3.63, 3.8) is 0 Å². The molecule has 0 unspecified atom stereocenters. The molecule has 6 aromatic carbocycles. The average Bonchev–Trinajstić information content (AvgIpc) is 3.63. The third kappa shape index (κ3) is 3.64. The van der Waals surface area contributed by atoms with Gasteiger partial charge < -0.3 is 18.8 Å². The minimum atomic E-state index is 0.870. The lowest BCUT2D eigenvalue weighted by Gasteiger charge is -2.33. The summed E-state index contributed by atoms with van der Waals surface area (Å²) in [5.41, 5.74) is 11.4. The maximum absolute atomic E-state index is 6.44. The normalized spacial score (nSPS) is 12.5. The van der Waals surface area contributed by atoms with Crippen LogP contribution >= 0.6 is 0 Å². The minimum Gasteiger partial charge on any atom is -0.453 e. The zero-order valence-corrected chi connectivity index (χ0v) is 24.5. The molecule has 0 saturated heterocycles. The van der Waals surface area contributed by atoms with Crippen molar-refractivity contribution in [3.8, 4) is 22.9 Å². The predicted octanol–water partition coefficient (Wildman–Crippen LogP) is 10.9. The maximum Gasteiger partial charge on any atom is 0.151 e. The van der Waals surface area contributed by atoms with Gasteiger partial charge in [0, 0.05) is 39.4 Å². The van der Waals surface area contributed by atoms with Crippen molar-refractivity contribution in [2.75, 3.05) is 4.90 Å². The van der Waals surface area contributed by atoms with Crippen LogP contribution in [0.15, 0.2) is 140 Å². The van der Waals surface area contributed by atoms with E-state index >= 15 is 0 Å². The second-order valence-electron chi connectivity index (χ2n) is 11.7. The SMILES string of the molecule is Cc1ccc2c(c1)Oc1cc(C)ccc1N2c1cccc(-n2c3ccccc3c3c4c(ccc32)ccn4-c2ccccc2)c1. The summed E-state index contributed by atoms with van der Waals surface area (Å²) < 4.78 is 11.2. The number of ether oxygens (including phenoxy) is 1. The third-order valence-electron chi connectivity index (χ3n) is 8.80. The van der Waals surface area contributed by atoms with Gasteiger partial charge in [-0.3, -0.25) is 0 Å². The van der Waals surface area contributed by atoms with Gasteiger partial charge in [-0.2, -0.15) is 0 Å². The number of hydrogen-bond donors (Lipinski definition) is 0. The molecule has 0 spiro atoms. The van der Waals surface area contributed by atoms with E-state index in [9.17, 15) is 0 Å². The number of rotatable bonds is 3. The van der Waals surface area contributed by atoms with E-state index < -0.39 is 0 Å². The monoisotopic (exact) mass is 567 g/mol. The van der Waals surface area contributed by atoms with Gasteiger partial charge in [-0.1, -0.05) is 60.7 Å². The lowest BCUT2D eigenvalue weighted by molar-refractivity contribution is 0.476. The second-order valence-corrected chi connectivity index (χ2v) is 11.7. The number of hydrogen-bond acceptors (Lipinski definition) is 2. The Kier molecular flexibility index (Phi) is 5.29. The molecule has 1 aliphatic rings. The van der Waals surface area contributed by atoms with Crippen molar-refractivity contribution < 1.29 is 4.74 Å². The Morgan fingerprint density at radius 1 is 0.523 bits per heavy atom. The fourth-order valence-electron chi connectivity index (χ4n) is 6.84. The van der Waals surface area contributed by atoms with Crippen LogP contribution in [0.3, 0.4) is 0 Å². The molecular formula is C40H29N3O. The molecule has 0 saturated carbocycles. The first kappa shape index (κ1) is 24.8. The first-order valence-electron chi connectivity index (χ1n) is 15.0. The molecule has 9 rings (SSSR count). The Bertz CT molecular complexity index is 2340. The van der Waals surface area contributed by atoms with E-state index in [0.29, 0.717) is 0 Å². The Balaban J connectivity index is 1.30. The highest BCUT2D eigenvalue weighted by molar-refractivity contribution is 6.20. The van der Waals surface area contributed by atoms with Crippen LogP contribution in [0.2, 0.25) is 0 Å². The number of benzene rings is 6. The molecule has 0 aliphatic carbocycles. The lowest BCUT2D eigenvalue weighted by atomic mass is 10.1. The number of fused-ring (bicyclic) bond motifs is 7. The number of aryl methyl sites for hydroxylation is 2. The maximum atomic E-state index is 6.44. The van der Waals surface area contributed by atoms with E-state index in [4.69, 9.17) is 4.74 Å². The Morgan fingerprint density at radius 2 is 1.20 bits per heavy atom. The van der Waals surface area contributed by atoms with Crippen molar-refractivity contribution in [2.24, 2.45) is 0 Å². The lowest BCUT2D eigenvalue weighted by Crippen LogP contribution is -2.16. The zero-order valence-electron chi connectivity index (χ0n) is 24.5. The molecule has 44 heavy (non-hydrogen) atoms. The second kappa shape index (κ2) is 9.38. The van der Waals surface area contributed by atoms with Gasteiger partial charge >= 0.3 is 0 Å². The summed E-state index contributed by atoms with van der Waals surface area (Å²) >= 11 is 0. The fourth-order valence-corrected chi connectivity index (χ4v) is 6.84. The molecule has 0 atom stereocenters. The minimum absolute atomic E-state index is 0.870.